The van der Waals surface area contributed by atoms with Crippen molar-refractivity contribution < 1.29 is 9.90 Å². The first-order valence-corrected chi connectivity index (χ1v) is 9.10. The van der Waals surface area contributed by atoms with Crippen LogP contribution in [0.4, 0.5) is 5.82 Å². The highest BCUT2D eigenvalue weighted by molar-refractivity contribution is 5.77. The van der Waals surface area contributed by atoms with Gasteiger partial charge < -0.3 is 14.9 Å². The van der Waals surface area contributed by atoms with Crippen LogP contribution >= 0.6 is 0 Å². The largest absolute Gasteiger partial charge is 0.395 e. The predicted octanol–water partition coefficient (Wildman–Crippen LogP) is 1.63. The number of aryl methyl sites for hydroxylation is 1. The van der Waals surface area contributed by atoms with E-state index in [-0.39, 0.29) is 17.9 Å². The third-order valence-electron chi connectivity index (χ3n) is 5.53. The molecule has 1 aromatic heterocycles. The lowest BCUT2D eigenvalue weighted by molar-refractivity contribution is -0.138. The third-order valence-corrected chi connectivity index (χ3v) is 5.53. The molecule has 3 rings (SSSR count). The fraction of sp³-hybridized carbons (Fsp3) is 0.722. The van der Waals surface area contributed by atoms with E-state index < -0.39 is 0 Å². The van der Waals surface area contributed by atoms with Crippen LogP contribution < -0.4 is 4.90 Å². The fourth-order valence-corrected chi connectivity index (χ4v) is 4.11. The van der Waals surface area contributed by atoms with Crippen molar-refractivity contribution in [1.29, 1.82) is 0 Å². The number of aliphatic hydroxyl groups excluding tert-OH is 1. The minimum atomic E-state index is 0.0509. The second-order valence-electron chi connectivity index (χ2n) is 7.15. The first kappa shape index (κ1) is 17.1. The molecule has 6 heteroatoms. The van der Waals surface area contributed by atoms with Gasteiger partial charge >= 0.3 is 0 Å². The Morgan fingerprint density at radius 3 is 2.79 bits per heavy atom. The van der Waals surface area contributed by atoms with Crippen LogP contribution in [0.25, 0.3) is 0 Å². The topological polar surface area (TPSA) is 69.6 Å². The quantitative estimate of drug-likeness (QED) is 0.887. The van der Waals surface area contributed by atoms with E-state index in [0.717, 1.165) is 57.6 Å². The van der Waals surface area contributed by atoms with Crippen molar-refractivity contribution in [1.82, 2.24) is 14.9 Å². The molecule has 2 saturated heterocycles. The van der Waals surface area contributed by atoms with Gasteiger partial charge in [-0.1, -0.05) is 13.3 Å². The summed E-state index contributed by atoms with van der Waals surface area (Å²) in [6, 6.07) is 0. The van der Waals surface area contributed by atoms with Gasteiger partial charge in [0.2, 0.25) is 5.91 Å². The van der Waals surface area contributed by atoms with Crippen LogP contribution in [0.3, 0.4) is 0 Å². The highest BCUT2D eigenvalue weighted by Crippen LogP contribution is 2.41. The van der Waals surface area contributed by atoms with Crippen molar-refractivity contribution in [2.75, 3.05) is 37.7 Å². The van der Waals surface area contributed by atoms with Crippen LogP contribution in [0.2, 0.25) is 0 Å². The van der Waals surface area contributed by atoms with Crippen molar-refractivity contribution in [2.24, 2.45) is 5.41 Å². The SMILES string of the molecule is CCCc1cncnc1N1CCC2(CCC(=O)N(CCO)C2)CC1. The molecule has 0 aliphatic carbocycles. The molecule has 1 N–H and O–H groups in total. The van der Waals surface area contributed by atoms with Crippen molar-refractivity contribution in [3.8, 4) is 0 Å². The van der Waals surface area contributed by atoms with E-state index in [1.165, 1.54) is 5.56 Å². The minimum absolute atomic E-state index is 0.0509. The Bertz CT molecular complexity index is 570. The standard InChI is InChI=1S/C18H28N4O2/c1-2-3-15-12-19-14-20-17(15)21-8-6-18(7-9-21)5-4-16(24)22(13-18)10-11-23/h12,14,23H,2-11,13H2,1H3. The number of β-amino-alcohol motifs (C(OH)–C–C–N with tert-alkyl or cyclic N) is 1. The lowest BCUT2D eigenvalue weighted by Crippen LogP contribution is -2.52. The molecule has 0 aromatic carbocycles. The maximum absolute atomic E-state index is 12.0. The van der Waals surface area contributed by atoms with Gasteiger partial charge in [0.25, 0.3) is 0 Å². The van der Waals surface area contributed by atoms with Crippen molar-refractivity contribution in [2.45, 2.75) is 45.4 Å². The average Bonchev–Trinajstić information content (AvgIpc) is 2.60. The van der Waals surface area contributed by atoms with Crippen LogP contribution in [-0.2, 0) is 11.2 Å². The zero-order valence-corrected chi connectivity index (χ0v) is 14.6. The summed E-state index contributed by atoms with van der Waals surface area (Å²) < 4.78 is 0. The van der Waals surface area contributed by atoms with Crippen molar-refractivity contribution in [3.05, 3.63) is 18.1 Å². The summed E-state index contributed by atoms with van der Waals surface area (Å²) in [4.78, 5) is 24.9. The van der Waals surface area contributed by atoms with Gasteiger partial charge in [-0.25, -0.2) is 9.97 Å². The third kappa shape index (κ3) is 3.53. The Morgan fingerprint density at radius 1 is 1.29 bits per heavy atom. The van der Waals surface area contributed by atoms with Gasteiger partial charge in [-0.05, 0) is 31.1 Å². The van der Waals surface area contributed by atoms with Crippen LogP contribution in [0.15, 0.2) is 12.5 Å². The van der Waals surface area contributed by atoms with Gasteiger partial charge in [0.05, 0.1) is 6.61 Å². The second-order valence-corrected chi connectivity index (χ2v) is 7.15. The van der Waals surface area contributed by atoms with E-state index >= 15 is 0 Å². The number of hydrogen-bond acceptors (Lipinski definition) is 5. The number of aromatic nitrogens is 2. The molecule has 1 spiro atoms. The summed E-state index contributed by atoms with van der Waals surface area (Å²) in [5, 5.41) is 9.18. The number of rotatable bonds is 5. The predicted molar refractivity (Wildman–Crippen MR) is 92.8 cm³/mol. The molecule has 0 unspecified atom stereocenters. The molecule has 2 fully saturated rings. The molecular weight excluding hydrogens is 304 g/mol. The number of anilines is 1. The van der Waals surface area contributed by atoms with Gasteiger partial charge in [0, 0.05) is 44.4 Å². The number of nitrogens with zero attached hydrogens (tertiary/aromatic N) is 4. The van der Waals surface area contributed by atoms with Crippen LogP contribution in [0.1, 0.15) is 44.6 Å². The first-order chi connectivity index (χ1) is 11.7. The Morgan fingerprint density at radius 2 is 2.08 bits per heavy atom. The summed E-state index contributed by atoms with van der Waals surface area (Å²) in [6.07, 6.45) is 9.45. The van der Waals surface area contributed by atoms with E-state index in [0.29, 0.717) is 13.0 Å². The van der Waals surface area contributed by atoms with Crippen LogP contribution in [0, 0.1) is 5.41 Å². The summed E-state index contributed by atoms with van der Waals surface area (Å²) in [6.45, 7) is 5.46. The molecule has 3 heterocycles. The molecule has 1 amide bonds. The lowest BCUT2D eigenvalue weighted by atomic mass is 9.72. The molecule has 132 valence electrons. The number of carbonyl (C=O) groups is 1. The maximum Gasteiger partial charge on any atom is 0.222 e. The van der Waals surface area contributed by atoms with E-state index in [1.54, 1.807) is 6.33 Å². The minimum Gasteiger partial charge on any atom is -0.395 e. The highest BCUT2D eigenvalue weighted by atomic mass is 16.3. The molecule has 24 heavy (non-hydrogen) atoms. The van der Waals surface area contributed by atoms with E-state index in [9.17, 15) is 9.90 Å². The summed E-state index contributed by atoms with van der Waals surface area (Å²) in [5.74, 6) is 1.28. The van der Waals surface area contributed by atoms with Gasteiger partial charge in [0.15, 0.2) is 0 Å². The molecule has 2 aliphatic rings. The molecular formula is C18H28N4O2. The molecule has 0 saturated carbocycles. The van der Waals surface area contributed by atoms with Crippen LogP contribution in [-0.4, -0.2) is 58.7 Å². The number of carbonyl (C=O) groups excluding carboxylic acids is 1. The Labute approximate surface area is 143 Å². The summed E-state index contributed by atoms with van der Waals surface area (Å²) >= 11 is 0. The lowest BCUT2D eigenvalue weighted by Gasteiger charge is -2.47. The fourth-order valence-electron chi connectivity index (χ4n) is 4.11. The zero-order chi connectivity index (χ0) is 17.0. The van der Waals surface area contributed by atoms with Crippen LogP contribution in [0.5, 0.6) is 0 Å². The zero-order valence-electron chi connectivity index (χ0n) is 14.6. The Balaban J connectivity index is 1.66. The van der Waals surface area contributed by atoms with Gasteiger partial charge in [-0.3, -0.25) is 4.79 Å². The van der Waals surface area contributed by atoms with Crippen molar-refractivity contribution in [3.63, 3.8) is 0 Å². The number of hydrogen-bond donors (Lipinski definition) is 1. The Kier molecular flexibility index (Phi) is 5.33. The highest BCUT2D eigenvalue weighted by Gasteiger charge is 2.41. The normalized spacial score (nSPS) is 20.7. The van der Waals surface area contributed by atoms with E-state index in [1.807, 2.05) is 11.1 Å². The molecule has 0 atom stereocenters. The van der Waals surface area contributed by atoms with E-state index in [2.05, 4.69) is 21.8 Å². The summed E-state index contributed by atoms with van der Waals surface area (Å²) in [5.41, 5.74) is 1.45. The average molecular weight is 332 g/mol. The van der Waals surface area contributed by atoms with E-state index in [4.69, 9.17) is 0 Å². The molecule has 0 bridgehead atoms. The first-order valence-electron chi connectivity index (χ1n) is 9.10. The van der Waals surface area contributed by atoms with Gasteiger partial charge in [-0.15, -0.1) is 0 Å². The monoisotopic (exact) mass is 332 g/mol. The smallest absolute Gasteiger partial charge is 0.222 e. The number of aliphatic hydroxyl groups is 1. The van der Waals surface area contributed by atoms with Crippen molar-refractivity contribution >= 4 is 11.7 Å². The number of piperidine rings is 2. The Hall–Kier alpha value is -1.69. The summed E-state index contributed by atoms with van der Waals surface area (Å²) in [7, 11) is 0. The van der Waals surface area contributed by atoms with Gasteiger partial charge in [0.1, 0.15) is 12.1 Å². The maximum atomic E-state index is 12.0. The number of amides is 1. The molecule has 1 aromatic rings. The molecule has 2 aliphatic heterocycles. The number of likely N-dealkylation sites (tertiary alicyclic amines) is 1. The molecule has 0 radical (unpaired) electrons. The second kappa shape index (κ2) is 7.47. The molecule has 6 nitrogen and oxygen atoms in total. The van der Waals surface area contributed by atoms with Gasteiger partial charge in [-0.2, -0.15) is 0 Å².